The molecular weight excluding hydrogens is 303 g/mol. The highest BCUT2D eigenvalue weighted by Gasteiger charge is 2.52. The Morgan fingerprint density at radius 3 is 2.26 bits per heavy atom. The van der Waals surface area contributed by atoms with Gasteiger partial charge in [-0.1, -0.05) is 52.3 Å². The molecule has 0 spiro atoms. The van der Waals surface area contributed by atoms with Crippen molar-refractivity contribution in [2.45, 2.75) is 38.9 Å². The standard InChI is InChI=1S/C15H20BBrO2/c1-14(2)15(3,4)19-16(18-14)13-10-6-5-8-12(13)9-7-11-17/h5-10H,11H2,1-4H3. The van der Waals surface area contributed by atoms with E-state index in [1.165, 1.54) is 0 Å². The average molecular weight is 323 g/mol. The molecule has 102 valence electrons. The zero-order chi connectivity index (χ0) is 14.1. The lowest BCUT2D eigenvalue weighted by molar-refractivity contribution is 0.00578. The summed E-state index contributed by atoms with van der Waals surface area (Å²) in [5, 5.41) is 0.838. The van der Waals surface area contributed by atoms with Crippen LogP contribution in [0.4, 0.5) is 0 Å². The minimum Gasteiger partial charge on any atom is -0.399 e. The number of hydrogen-bond acceptors (Lipinski definition) is 2. The van der Waals surface area contributed by atoms with Crippen molar-refractivity contribution < 1.29 is 9.31 Å². The SMILES string of the molecule is CC1(C)OB(c2ccccc2C=CCBr)OC1(C)C. The maximum Gasteiger partial charge on any atom is 0.495 e. The van der Waals surface area contributed by atoms with Crippen LogP contribution in [0.1, 0.15) is 33.3 Å². The molecule has 0 saturated carbocycles. The first kappa shape index (κ1) is 14.8. The van der Waals surface area contributed by atoms with Gasteiger partial charge in [-0.3, -0.25) is 0 Å². The zero-order valence-electron chi connectivity index (χ0n) is 11.9. The quantitative estimate of drug-likeness (QED) is 0.627. The van der Waals surface area contributed by atoms with Crippen molar-refractivity contribution in [1.29, 1.82) is 0 Å². The van der Waals surface area contributed by atoms with Crippen molar-refractivity contribution in [1.82, 2.24) is 0 Å². The van der Waals surface area contributed by atoms with Crippen LogP contribution in [0.2, 0.25) is 0 Å². The summed E-state index contributed by atoms with van der Waals surface area (Å²) in [6, 6.07) is 8.20. The van der Waals surface area contributed by atoms with Crippen molar-refractivity contribution in [3.63, 3.8) is 0 Å². The van der Waals surface area contributed by atoms with Gasteiger partial charge in [0.05, 0.1) is 11.2 Å². The minimum atomic E-state index is -0.304. The van der Waals surface area contributed by atoms with Gasteiger partial charge in [0, 0.05) is 5.33 Å². The summed E-state index contributed by atoms with van der Waals surface area (Å²) >= 11 is 3.40. The summed E-state index contributed by atoms with van der Waals surface area (Å²) in [5.41, 5.74) is 1.62. The van der Waals surface area contributed by atoms with E-state index in [1.54, 1.807) is 0 Å². The van der Waals surface area contributed by atoms with Gasteiger partial charge in [-0.2, -0.15) is 0 Å². The summed E-state index contributed by atoms with van der Waals surface area (Å²) in [6.07, 6.45) is 4.17. The fraction of sp³-hybridized carbons (Fsp3) is 0.467. The van der Waals surface area contributed by atoms with E-state index in [9.17, 15) is 0 Å². The fourth-order valence-electron chi connectivity index (χ4n) is 2.02. The normalized spacial score (nSPS) is 21.2. The first-order valence-electron chi connectivity index (χ1n) is 6.54. The van der Waals surface area contributed by atoms with Gasteiger partial charge in [0.15, 0.2) is 0 Å². The minimum absolute atomic E-state index is 0.302. The van der Waals surface area contributed by atoms with E-state index in [1.807, 2.05) is 12.1 Å². The smallest absolute Gasteiger partial charge is 0.399 e. The molecule has 0 radical (unpaired) electrons. The lowest BCUT2D eigenvalue weighted by Gasteiger charge is -2.32. The van der Waals surface area contributed by atoms with E-state index < -0.39 is 0 Å². The molecule has 0 atom stereocenters. The second-order valence-electron chi connectivity index (χ2n) is 5.77. The Kier molecular flexibility index (Phi) is 4.24. The van der Waals surface area contributed by atoms with Gasteiger partial charge in [0.2, 0.25) is 0 Å². The van der Waals surface area contributed by atoms with Crippen LogP contribution >= 0.6 is 15.9 Å². The van der Waals surface area contributed by atoms with E-state index in [4.69, 9.17) is 9.31 Å². The molecule has 0 bridgehead atoms. The number of hydrogen-bond donors (Lipinski definition) is 0. The Balaban J connectivity index is 2.32. The predicted octanol–water partition coefficient (Wildman–Crippen LogP) is 3.39. The van der Waals surface area contributed by atoms with Crippen LogP contribution in [0.5, 0.6) is 0 Å². The van der Waals surface area contributed by atoms with Crippen molar-refractivity contribution in [3.05, 3.63) is 35.9 Å². The molecule has 0 unspecified atom stereocenters. The van der Waals surface area contributed by atoms with E-state index in [-0.39, 0.29) is 18.3 Å². The van der Waals surface area contributed by atoms with Crippen LogP contribution < -0.4 is 5.46 Å². The van der Waals surface area contributed by atoms with E-state index in [0.717, 1.165) is 16.4 Å². The van der Waals surface area contributed by atoms with Crippen molar-refractivity contribution in [3.8, 4) is 0 Å². The lowest BCUT2D eigenvalue weighted by Crippen LogP contribution is -2.41. The third kappa shape index (κ3) is 2.96. The molecule has 4 heteroatoms. The number of allylic oxidation sites excluding steroid dienone is 1. The lowest BCUT2D eigenvalue weighted by atomic mass is 9.76. The second kappa shape index (κ2) is 5.43. The van der Waals surface area contributed by atoms with Crippen LogP contribution in [-0.4, -0.2) is 23.7 Å². The van der Waals surface area contributed by atoms with Gasteiger partial charge < -0.3 is 9.31 Å². The molecule has 1 heterocycles. The molecule has 19 heavy (non-hydrogen) atoms. The molecule has 0 N–H and O–H groups in total. The Morgan fingerprint density at radius 2 is 1.68 bits per heavy atom. The molecule has 1 aliphatic heterocycles. The molecule has 1 aromatic carbocycles. The molecule has 1 saturated heterocycles. The van der Waals surface area contributed by atoms with Gasteiger partial charge >= 0.3 is 7.12 Å². The molecule has 0 amide bonds. The van der Waals surface area contributed by atoms with Crippen molar-refractivity contribution >= 4 is 34.6 Å². The van der Waals surface area contributed by atoms with E-state index in [2.05, 4.69) is 67.9 Å². The highest BCUT2D eigenvalue weighted by Crippen LogP contribution is 2.36. The number of halogens is 1. The second-order valence-corrected chi connectivity index (χ2v) is 6.42. The summed E-state index contributed by atoms with van der Waals surface area (Å²) in [4.78, 5) is 0. The first-order chi connectivity index (χ1) is 8.87. The van der Waals surface area contributed by atoms with Gasteiger partial charge in [0.25, 0.3) is 0 Å². The van der Waals surface area contributed by atoms with Gasteiger partial charge in [-0.25, -0.2) is 0 Å². The number of alkyl halides is 1. The molecule has 0 aromatic heterocycles. The molecule has 1 fully saturated rings. The summed E-state index contributed by atoms with van der Waals surface area (Å²) in [6.45, 7) is 8.29. The number of rotatable bonds is 3. The number of benzene rings is 1. The van der Waals surface area contributed by atoms with Gasteiger partial charge in [-0.15, -0.1) is 0 Å². The highest BCUT2D eigenvalue weighted by molar-refractivity contribution is 9.09. The molecule has 2 nitrogen and oxygen atoms in total. The molecule has 1 aromatic rings. The highest BCUT2D eigenvalue weighted by atomic mass is 79.9. The maximum absolute atomic E-state index is 6.10. The molecule has 2 rings (SSSR count). The molecule has 0 aliphatic carbocycles. The van der Waals surface area contributed by atoms with Gasteiger partial charge in [0.1, 0.15) is 0 Å². The van der Waals surface area contributed by atoms with E-state index >= 15 is 0 Å². The molecule has 1 aliphatic rings. The largest absolute Gasteiger partial charge is 0.495 e. The average Bonchev–Trinajstić information content (AvgIpc) is 2.56. The van der Waals surface area contributed by atoms with Crippen LogP contribution in [0, 0.1) is 0 Å². The topological polar surface area (TPSA) is 18.5 Å². The summed E-state index contributed by atoms with van der Waals surface area (Å²) in [5.74, 6) is 0. The maximum atomic E-state index is 6.10. The fourth-order valence-corrected chi connectivity index (χ4v) is 2.21. The van der Waals surface area contributed by atoms with Crippen molar-refractivity contribution in [2.75, 3.05) is 5.33 Å². The zero-order valence-corrected chi connectivity index (χ0v) is 13.5. The Bertz CT molecular complexity index is 467. The Hall–Kier alpha value is -0.575. The Morgan fingerprint density at radius 1 is 1.11 bits per heavy atom. The third-order valence-corrected chi connectivity index (χ3v) is 4.26. The summed E-state index contributed by atoms with van der Waals surface area (Å²) < 4.78 is 12.2. The van der Waals surface area contributed by atoms with Crippen LogP contribution in [0.15, 0.2) is 30.3 Å². The first-order valence-corrected chi connectivity index (χ1v) is 7.66. The Labute approximate surface area is 124 Å². The molecular formula is C15H20BBrO2. The predicted molar refractivity (Wildman–Crippen MR) is 85.0 cm³/mol. The van der Waals surface area contributed by atoms with Crippen LogP contribution in [0.25, 0.3) is 6.08 Å². The van der Waals surface area contributed by atoms with Gasteiger partial charge in [-0.05, 0) is 38.7 Å². The van der Waals surface area contributed by atoms with Crippen LogP contribution in [0.3, 0.4) is 0 Å². The summed E-state index contributed by atoms with van der Waals surface area (Å²) in [7, 11) is -0.304. The van der Waals surface area contributed by atoms with Crippen LogP contribution in [-0.2, 0) is 9.31 Å². The van der Waals surface area contributed by atoms with E-state index in [0.29, 0.717) is 0 Å². The monoisotopic (exact) mass is 322 g/mol. The van der Waals surface area contributed by atoms with Crippen molar-refractivity contribution in [2.24, 2.45) is 0 Å². The third-order valence-electron chi connectivity index (χ3n) is 3.89.